The minimum Gasteiger partial charge on any atom is -0.483 e. The maximum atomic E-state index is 5.50. The Morgan fingerprint density at radius 3 is 1.70 bits per heavy atom. The highest BCUT2D eigenvalue weighted by atomic mass is 27.1. The van der Waals surface area contributed by atoms with Crippen molar-refractivity contribution in [2.24, 2.45) is 5.10 Å². The van der Waals surface area contributed by atoms with Crippen molar-refractivity contribution in [3.05, 3.63) is 76.4 Å². The first-order valence-corrected chi connectivity index (χ1v) is 13.3. The molecule has 0 atom stereocenters. The number of nitrogens with one attached hydrogen (secondary N) is 1. The molecule has 0 saturated heterocycles. The molecule has 0 amide bonds. The van der Waals surface area contributed by atoms with Crippen molar-refractivity contribution in [1.29, 1.82) is 0 Å². The molecule has 1 heterocycles. The van der Waals surface area contributed by atoms with Crippen LogP contribution in [0.1, 0.15) is 54.6 Å². The minimum absolute atomic E-state index is 0.232. The molecule has 0 spiro atoms. The van der Waals surface area contributed by atoms with E-state index in [9.17, 15) is 0 Å². The highest BCUT2D eigenvalue weighted by Crippen LogP contribution is 2.28. The molecule has 1 aliphatic heterocycles. The van der Waals surface area contributed by atoms with Gasteiger partial charge in [-0.3, -0.25) is 5.43 Å². The zero-order valence-electron chi connectivity index (χ0n) is 18.3. The van der Waals surface area contributed by atoms with E-state index in [2.05, 4.69) is 66.0 Å². The molecule has 6 nitrogen and oxygen atoms in total. The summed E-state index contributed by atoms with van der Waals surface area (Å²) in [6.07, 6.45) is 1.32. The van der Waals surface area contributed by atoms with Crippen molar-refractivity contribution < 1.29 is 15.2 Å². The molecule has 0 aliphatic carbocycles. The van der Waals surface area contributed by atoms with Crippen LogP contribution >= 0.6 is 0 Å². The normalized spacial score (nSPS) is 14.2. The van der Waals surface area contributed by atoms with E-state index in [0.29, 0.717) is 66.5 Å². The molecule has 1 aliphatic rings. The van der Waals surface area contributed by atoms with E-state index in [1.54, 1.807) is 0 Å². The van der Waals surface area contributed by atoms with Crippen molar-refractivity contribution in [3.8, 4) is 0 Å². The van der Waals surface area contributed by atoms with E-state index < -0.39 is 0 Å². The van der Waals surface area contributed by atoms with E-state index in [1.807, 2.05) is 0 Å². The second-order valence-corrected chi connectivity index (χ2v) is 8.92. The summed E-state index contributed by atoms with van der Waals surface area (Å²) in [5, 5.41) is 4.68. The van der Waals surface area contributed by atoms with Gasteiger partial charge < -0.3 is 15.2 Å². The van der Waals surface area contributed by atoms with Gasteiger partial charge in [-0.25, -0.2) is 0 Å². The van der Waals surface area contributed by atoms with Crippen molar-refractivity contribution in [2.75, 3.05) is 0 Å². The second-order valence-electron chi connectivity index (χ2n) is 7.03. The van der Waals surface area contributed by atoms with E-state index in [4.69, 9.17) is 15.2 Å². The van der Waals surface area contributed by atoms with Crippen LogP contribution in [0, 0.1) is 0 Å². The van der Waals surface area contributed by atoms with Crippen LogP contribution in [0.2, 0.25) is 0 Å². The summed E-state index contributed by atoms with van der Waals surface area (Å²) in [6, 6.07) is 16.7. The zero-order valence-corrected chi connectivity index (χ0v) is 26.3. The van der Waals surface area contributed by atoms with Gasteiger partial charge in [-0.05, 0) is 23.1 Å². The summed E-state index contributed by atoms with van der Waals surface area (Å²) in [6.45, 7) is 2.19. The van der Waals surface area contributed by atoms with Crippen LogP contribution in [-0.2, 0) is 15.2 Å². The lowest BCUT2D eigenvalue weighted by Gasteiger charge is -2.23. The molecule has 0 aromatic heterocycles. The van der Waals surface area contributed by atoms with E-state index in [-0.39, 0.29) is 12.6 Å². The lowest BCUT2D eigenvalue weighted by Crippen LogP contribution is -2.19. The Kier molecular flexibility index (Phi) is 9.72. The van der Waals surface area contributed by atoms with Gasteiger partial charge in [0.15, 0.2) is 0 Å². The maximum Gasteiger partial charge on any atom is 0.413 e. The molecular weight excluding hydrogens is 440 g/mol. The van der Waals surface area contributed by atoms with Gasteiger partial charge in [-0.15, -0.1) is 0 Å². The quantitative estimate of drug-likeness (QED) is 0.430. The fourth-order valence-corrected chi connectivity index (χ4v) is 6.27. The standard InChI is InChI=1S/C20H18N2O4.4Al.8H/c1-2-12-11-17(13-3-7-15(8-4-13)19(23)24)21-22-18(12)14-5-9-16(10-6-14)20(25)26;;;;;;;;;;;;/h3-10,19-20,22H,2,11H2,1H3;;;;;;;;;;;;/q-4;4*+1;;;;;;;;. The molecule has 30 heavy (non-hydrogen) atoms. The SMILES string of the molecule is CCC1=C(c2ccc(C([O][AlH2])[O][AlH2])cc2)NN=C(c2ccc(C([O][AlH2])[O][AlH2])cc2)C1. The Morgan fingerprint density at radius 1 is 0.800 bits per heavy atom. The van der Waals surface area contributed by atoms with Gasteiger partial charge in [0.05, 0.1) is 11.4 Å². The fourth-order valence-electron chi connectivity index (χ4n) is 3.65. The number of benzene rings is 2. The van der Waals surface area contributed by atoms with Crippen molar-refractivity contribution in [2.45, 2.75) is 32.3 Å². The van der Waals surface area contributed by atoms with Crippen LogP contribution < -0.4 is 5.43 Å². The van der Waals surface area contributed by atoms with Gasteiger partial charge >= 0.3 is 66.5 Å². The molecule has 0 bridgehead atoms. The van der Waals surface area contributed by atoms with Gasteiger partial charge in [0, 0.05) is 17.5 Å². The first-order valence-electron chi connectivity index (χ1n) is 10.0. The number of hydrogen-bond donors (Lipinski definition) is 1. The smallest absolute Gasteiger partial charge is 0.413 e. The topological polar surface area (TPSA) is 61.3 Å². The van der Waals surface area contributed by atoms with Gasteiger partial charge in [-0.2, -0.15) is 5.10 Å². The molecule has 152 valence electrons. The highest BCUT2D eigenvalue weighted by Gasteiger charge is 2.18. The van der Waals surface area contributed by atoms with Crippen LogP contribution in [0.15, 0.2) is 59.2 Å². The molecule has 1 N–H and O–H groups in total. The Bertz CT molecular complexity index is 896. The van der Waals surface area contributed by atoms with E-state index in [1.165, 1.54) is 5.57 Å². The van der Waals surface area contributed by atoms with Crippen LogP contribution in [0.3, 0.4) is 0 Å². The van der Waals surface area contributed by atoms with Gasteiger partial charge in [0.2, 0.25) is 0 Å². The molecule has 0 saturated carbocycles. The third kappa shape index (κ3) is 5.70. The minimum atomic E-state index is -0.232. The maximum absolute atomic E-state index is 5.50. The van der Waals surface area contributed by atoms with Crippen LogP contribution in [0.5, 0.6) is 0 Å². The number of nitrogens with zero attached hydrogens (tertiary/aromatic N) is 1. The first kappa shape index (κ1) is 24.3. The summed E-state index contributed by atoms with van der Waals surface area (Å²) in [7, 11) is 0. The Balaban J connectivity index is 1.78. The van der Waals surface area contributed by atoms with Crippen molar-refractivity contribution in [3.63, 3.8) is 0 Å². The van der Waals surface area contributed by atoms with Crippen LogP contribution in [-0.4, -0.2) is 72.2 Å². The number of hydrogen-bond acceptors (Lipinski definition) is 6. The average Bonchev–Trinajstić information content (AvgIpc) is 2.81. The zero-order chi connectivity index (χ0) is 21.5. The lowest BCUT2D eigenvalue weighted by atomic mass is 9.94. The molecule has 0 fully saturated rings. The molecule has 2 aromatic rings. The molecule has 2 aromatic carbocycles. The highest BCUT2D eigenvalue weighted by molar-refractivity contribution is 6.04. The van der Waals surface area contributed by atoms with Gasteiger partial charge in [-0.1, -0.05) is 55.5 Å². The Morgan fingerprint density at radius 2 is 1.27 bits per heavy atom. The predicted molar refractivity (Wildman–Crippen MR) is 128 cm³/mol. The Hall–Kier alpha value is -0.380. The number of rotatable bonds is 9. The molecule has 10 heteroatoms. The monoisotopic (exact) mass is 466 g/mol. The number of allylic oxidation sites excluding steroid dienone is 1. The predicted octanol–water partition coefficient (Wildman–Crippen LogP) is 0.461. The average molecular weight is 466 g/mol. The molecule has 0 unspecified atom stereocenters. The van der Waals surface area contributed by atoms with Crippen LogP contribution in [0.4, 0.5) is 0 Å². The summed E-state index contributed by atoms with van der Waals surface area (Å²) >= 11 is 2.60. The number of hydrazone groups is 1. The molecular formula is C20H26Al4N2O4. The third-order valence-electron chi connectivity index (χ3n) is 5.31. The lowest BCUT2D eigenvalue weighted by molar-refractivity contribution is 0.0178. The summed E-state index contributed by atoms with van der Waals surface area (Å²) in [5.74, 6) is 0. The summed E-state index contributed by atoms with van der Waals surface area (Å²) < 4.78 is 22.0. The second kappa shape index (κ2) is 12.0. The molecule has 0 radical (unpaired) electrons. The van der Waals surface area contributed by atoms with Crippen LogP contribution in [0.25, 0.3) is 5.70 Å². The Labute approximate surface area is 211 Å². The van der Waals surface area contributed by atoms with Crippen molar-refractivity contribution >= 4 is 77.9 Å². The third-order valence-corrected chi connectivity index (χ3v) is 7.02. The fraction of sp³-hybridized carbons (Fsp3) is 0.250. The largest absolute Gasteiger partial charge is 0.483 e. The van der Waals surface area contributed by atoms with Crippen molar-refractivity contribution in [1.82, 2.24) is 5.43 Å². The van der Waals surface area contributed by atoms with Gasteiger partial charge in [0.1, 0.15) is 12.6 Å². The van der Waals surface area contributed by atoms with Gasteiger partial charge in [0.25, 0.3) is 0 Å². The first-order chi connectivity index (χ1) is 14.6. The molecule has 3 rings (SSSR count). The summed E-state index contributed by atoms with van der Waals surface area (Å²) in [4.78, 5) is 0. The van der Waals surface area contributed by atoms with E-state index >= 15 is 0 Å². The van der Waals surface area contributed by atoms with E-state index in [0.717, 1.165) is 46.5 Å². The summed E-state index contributed by atoms with van der Waals surface area (Å²) in [5.41, 5.74) is 11.1.